The van der Waals surface area contributed by atoms with Gasteiger partial charge in [0, 0.05) is 0 Å². The molecule has 0 fully saturated rings. The number of esters is 2. The van der Waals surface area contributed by atoms with Crippen LogP contribution in [-0.2, 0) is 12.8 Å². The molecule has 0 saturated carbocycles. The zero-order chi connectivity index (χ0) is 19.9. The minimum absolute atomic E-state index is 0.364. The van der Waals surface area contributed by atoms with Gasteiger partial charge >= 0.3 is 11.9 Å². The summed E-state index contributed by atoms with van der Waals surface area (Å²) in [6.45, 7) is 4.13. The highest BCUT2D eigenvalue weighted by Gasteiger charge is 2.12. The fourth-order valence-electron chi connectivity index (χ4n) is 2.66. The van der Waals surface area contributed by atoms with E-state index in [1.807, 2.05) is 24.3 Å². The Labute approximate surface area is 164 Å². The summed E-state index contributed by atoms with van der Waals surface area (Å²) in [6, 6.07) is 21.0. The average Bonchev–Trinajstić information content (AvgIpc) is 2.75. The molecule has 4 nitrogen and oxygen atoms in total. The molecule has 0 radical (unpaired) electrons. The van der Waals surface area contributed by atoms with Gasteiger partial charge in [-0.15, -0.1) is 0 Å². The highest BCUT2D eigenvalue weighted by Crippen LogP contribution is 2.17. The smallest absolute Gasteiger partial charge is 0.343 e. The van der Waals surface area contributed by atoms with Crippen LogP contribution in [0.3, 0.4) is 0 Å². The fourth-order valence-corrected chi connectivity index (χ4v) is 2.66. The Bertz CT molecular complexity index is 859. The van der Waals surface area contributed by atoms with E-state index in [1.54, 1.807) is 48.5 Å². The molecular formula is C24H22O4. The van der Waals surface area contributed by atoms with E-state index in [1.165, 1.54) is 11.1 Å². The molecule has 0 aliphatic rings. The average molecular weight is 374 g/mol. The molecule has 0 amide bonds. The van der Waals surface area contributed by atoms with Crippen molar-refractivity contribution >= 4 is 11.9 Å². The first-order chi connectivity index (χ1) is 13.6. The molecule has 0 heterocycles. The minimum atomic E-state index is -0.473. The highest BCUT2D eigenvalue weighted by atomic mass is 16.5. The van der Waals surface area contributed by atoms with Gasteiger partial charge in [0.2, 0.25) is 0 Å². The molecule has 0 aromatic heterocycles. The van der Waals surface area contributed by atoms with Crippen LogP contribution in [0.4, 0.5) is 0 Å². The summed E-state index contributed by atoms with van der Waals surface area (Å²) in [4.78, 5) is 24.5. The molecule has 4 heteroatoms. The molecule has 28 heavy (non-hydrogen) atoms. The molecule has 0 spiro atoms. The molecule has 0 N–H and O–H groups in total. The summed E-state index contributed by atoms with van der Waals surface area (Å²) in [6.07, 6.45) is 1.85. The first-order valence-electron chi connectivity index (χ1n) is 9.31. The summed E-state index contributed by atoms with van der Waals surface area (Å²) in [5.74, 6) is 0.0288. The number of benzene rings is 3. The first-order valence-corrected chi connectivity index (χ1v) is 9.31. The van der Waals surface area contributed by atoms with Gasteiger partial charge in [0.25, 0.3) is 0 Å². The van der Waals surface area contributed by atoms with E-state index in [0.29, 0.717) is 22.6 Å². The van der Waals surface area contributed by atoms with Crippen LogP contribution in [0.2, 0.25) is 0 Å². The normalized spacial score (nSPS) is 10.4. The Morgan fingerprint density at radius 2 is 0.893 bits per heavy atom. The van der Waals surface area contributed by atoms with Crippen molar-refractivity contribution in [1.29, 1.82) is 0 Å². The van der Waals surface area contributed by atoms with Gasteiger partial charge < -0.3 is 9.47 Å². The van der Waals surface area contributed by atoms with Gasteiger partial charge in [0.1, 0.15) is 11.5 Å². The number of hydrogen-bond donors (Lipinski definition) is 0. The van der Waals surface area contributed by atoms with Gasteiger partial charge in [-0.25, -0.2) is 9.59 Å². The lowest BCUT2D eigenvalue weighted by Gasteiger charge is -2.07. The van der Waals surface area contributed by atoms with Crippen LogP contribution < -0.4 is 9.47 Å². The van der Waals surface area contributed by atoms with Crippen molar-refractivity contribution in [2.24, 2.45) is 0 Å². The Morgan fingerprint density at radius 3 is 1.18 bits per heavy atom. The predicted octanol–water partition coefficient (Wildman–Crippen LogP) is 5.25. The van der Waals surface area contributed by atoms with Crippen LogP contribution in [0.1, 0.15) is 45.7 Å². The van der Waals surface area contributed by atoms with E-state index in [0.717, 1.165) is 12.8 Å². The van der Waals surface area contributed by atoms with E-state index in [-0.39, 0.29) is 0 Å². The number of aryl methyl sites for hydroxylation is 2. The summed E-state index contributed by atoms with van der Waals surface area (Å²) in [5, 5.41) is 0. The molecule has 142 valence electrons. The topological polar surface area (TPSA) is 52.6 Å². The second-order valence-electron chi connectivity index (χ2n) is 6.35. The van der Waals surface area contributed by atoms with Crippen molar-refractivity contribution < 1.29 is 19.1 Å². The zero-order valence-electron chi connectivity index (χ0n) is 16.0. The van der Waals surface area contributed by atoms with E-state index in [2.05, 4.69) is 13.8 Å². The highest BCUT2D eigenvalue weighted by molar-refractivity contribution is 5.94. The number of hydrogen-bond acceptors (Lipinski definition) is 4. The Balaban J connectivity index is 1.62. The van der Waals surface area contributed by atoms with Gasteiger partial charge in [0.15, 0.2) is 0 Å². The van der Waals surface area contributed by atoms with Crippen LogP contribution >= 0.6 is 0 Å². The van der Waals surface area contributed by atoms with Crippen molar-refractivity contribution in [3.8, 4) is 11.5 Å². The molecule has 0 aliphatic carbocycles. The summed E-state index contributed by atoms with van der Waals surface area (Å²) in [7, 11) is 0. The van der Waals surface area contributed by atoms with Crippen molar-refractivity contribution in [2.75, 3.05) is 0 Å². The monoisotopic (exact) mass is 374 g/mol. The summed E-state index contributed by atoms with van der Waals surface area (Å²) >= 11 is 0. The van der Waals surface area contributed by atoms with E-state index in [4.69, 9.17) is 9.47 Å². The minimum Gasteiger partial charge on any atom is -0.423 e. The molecule has 0 aliphatic heterocycles. The van der Waals surface area contributed by atoms with Gasteiger partial charge in [0.05, 0.1) is 11.1 Å². The SMILES string of the molecule is CCc1ccc(OC(=O)c2ccc(C(=O)Oc3ccc(CC)cc3)cc2)cc1. The number of carbonyl (C=O) groups is 2. The van der Waals surface area contributed by atoms with Gasteiger partial charge in [-0.2, -0.15) is 0 Å². The number of ether oxygens (including phenoxy) is 2. The number of carbonyl (C=O) groups excluding carboxylic acids is 2. The van der Waals surface area contributed by atoms with Crippen molar-refractivity contribution in [3.63, 3.8) is 0 Å². The fraction of sp³-hybridized carbons (Fsp3) is 0.167. The molecule has 0 unspecified atom stereocenters. The molecule has 0 bridgehead atoms. The van der Waals surface area contributed by atoms with E-state index >= 15 is 0 Å². The maximum atomic E-state index is 12.3. The Morgan fingerprint density at radius 1 is 0.571 bits per heavy atom. The van der Waals surface area contributed by atoms with E-state index in [9.17, 15) is 9.59 Å². The lowest BCUT2D eigenvalue weighted by atomic mass is 10.1. The maximum Gasteiger partial charge on any atom is 0.343 e. The summed E-state index contributed by atoms with van der Waals surface area (Å²) < 4.78 is 10.7. The van der Waals surface area contributed by atoms with Crippen molar-refractivity contribution in [1.82, 2.24) is 0 Å². The molecule has 3 aromatic carbocycles. The van der Waals surface area contributed by atoms with Crippen LogP contribution in [0.25, 0.3) is 0 Å². The molecular weight excluding hydrogens is 352 g/mol. The van der Waals surface area contributed by atoms with Gasteiger partial charge in [-0.05, 0) is 72.5 Å². The van der Waals surface area contributed by atoms with Gasteiger partial charge in [-0.3, -0.25) is 0 Å². The lowest BCUT2D eigenvalue weighted by molar-refractivity contribution is 0.0720. The van der Waals surface area contributed by atoms with Crippen molar-refractivity contribution in [2.45, 2.75) is 26.7 Å². The third-order valence-electron chi connectivity index (χ3n) is 4.44. The van der Waals surface area contributed by atoms with Crippen molar-refractivity contribution in [3.05, 3.63) is 95.1 Å². The van der Waals surface area contributed by atoms with Crippen LogP contribution in [0.15, 0.2) is 72.8 Å². The Hall–Kier alpha value is -3.40. The molecule has 3 rings (SSSR count). The van der Waals surface area contributed by atoms with Crippen LogP contribution in [0, 0.1) is 0 Å². The largest absolute Gasteiger partial charge is 0.423 e. The third-order valence-corrected chi connectivity index (χ3v) is 4.44. The number of rotatable bonds is 6. The second-order valence-corrected chi connectivity index (χ2v) is 6.35. The molecule has 0 atom stereocenters. The first kappa shape index (κ1) is 19.4. The standard InChI is InChI=1S/C24H22O4/c1-3-17-5-13-21(14-6-17)27-23(25)19-9-11-20(12-10-19)24(26)28-22-15-7-18(4-2)8-16-22/h5-16H,3-4H2,1-2H3. The van der Waals surface area contributed by atoms with Crippen LogP contribution in [-0.4, -0.2) is 11.9 Å². The third kappa shape index (κ3) is 4.86. The van der Waals surface area contributed by atoms with E-state index < -0.39 is 11.9 Å². The molecule has 0 saturated heterocycles. The predicted molar refractivity (Wildman–Crippen MR) is 108 cm³/mol. The molecule has 3 aromatic rings. The van der Waals surface area contributed by atoms with Gasteiger partial charge in [-0.1, -0.05) is 38.1 Å². The maximum absolute atomic E-state index is 12.3. The summed E-state index contributed by atoms with van der Waals surface area (Å²) in [5.41, 5.74) is 3.07. The second kappa shape index (κ2) is 9.00. The Kier molecular flexibility index (Phi) is 6.22. The quantitative estimate of drug-likeness (QED) is 0.437. The lowest BCUT2D eigenvalue weighted by Crippen LogP contribution is -2.11. The van der Waals surface area contributed by atoms with Crippen LogP contribution in [0.5, 0.6) is 11.5 Å². The zero-order valence-corrected chi connectivity index (χ0v) is 16.0.